The zero-order chi connectivity index (χ0) is 7.56. The Morgan fingerprint density at radius 3 is 3.00 bits per heavy atom. The molecule has 1 aromatic rings. The summed E-state index contributed by atoms with van der Waals surface area (Å²) < 4.78 is 4.84. The van der Waals surface area contributed by atoms with Crippen molar-refractivity contribution in [2.24, 2.45) is 0 Å². The summed E-state index contributed by atoms with van der Waals surface area (Å²) in [6.07, 6.45) is 1.61. The van der Waals surface area contributed by atoms with E-state index in [1.807, 2.05) is 0 Å². The Balaban J connectivity index is 2.67. The molecule has 54 valence electrons. The van der Waals surface area contributed by atoms with Crippen LogP contribution in [-0.2, 0) is 11.2 Å². The number of Topliss-reactive ketones (excluding diaryl/α,β-unsaturated/α-hetero) is 1. The van der Waals surface area contributed by atoms with Crippen molar-refractivity contribution in [3.8, 4) is 0 Å². The van der Waals surface area contributed by atoms with Gasteiger partial charge in [0.1, 0.15) is 5.78 Å². The quantitative estimate of drug-likeness (QED) is 0.645. The summed E-state index contributed by atoms with van der Waals surface area (Å²) in [5, 5.41) is 0. The third-order valence-electron chi connectivity index (χ3n) is 0.972. The monoisotopic (exact) mass is 140 g/mol. The van der Waals surface area contributed by atoms with Crippen molar-refractivity contribution in [2.75, 3.05) is 5.73 Å². The first-order valence-electron chi connectivity index (χ1n) is 2.88. The Morgan fingerprint density at radius 1 is 1.90 bits per heavy atom. The van der Waals surface area contributed by atoms with E-state index in [0.717, 1.165) is 0 Å². The molecule has 0 unspecified atom stereocenters. The number of nitrogen functional groups attached to an aromatic ring is 1. The number of carbonyl (C=O) groups excluding carboxylic acids is 1. The zero-order valence-electron chi connectivity index (χ0n) is 5.63. The van der Waals surface area contributed by atoms with Crippen LogP contribution in [0.15, 0.2) is 10.6 Å². The van der Waals surface area contributed by atoms with Crippen molar-refractivity contribution in [3.63, 3.8) is 0 Å². The Hall–Kier alpha value is -1.32. The van der Waals surface area contributed by atoms with Crippen molar-refractivity contribution >= 4 is 11.7 Å². The first kappa shape index (κ1) is 6.80. The SMILES string of the molecule is CC(=O)Cc1ncc(N)o1. The second-order valence-corrected chi connectivity index (χ2v) is 2.04. The molecule has 10 heavy (non-hydrogen) atoms. The summed E-state index contributed by atoms with van der Waals surface area (Å²) in [4.78, 5) is 14.2. The lowest BCUT2D eigenvalue weighted by Gasteiger charge is -1.85. The van der Waals surface area contributed by atoms with Gasteiger partial charge in [-0.3, -0.25) is 4.79 Å². The first-order valence-corrected chi connectivity index (χ1v) is 2.88. The highest BCUT2D eigenvalue weighted by atomic mass is 16.4. The topological polar surface area (TPSA) is 69.1 Å². The lowest BCUT2D eigenvalue weighted by atomic mass is 10.3. The van der Waals surface area contributed by atoms with Crippen molar-refractivity contribution in [1.29, 1.82) is 0 Å². The highest BCUT2D eigenvalue weighted by molar-refractivity contribution is 5.77. The van der Waals surface area contributed by atoms with E-state index in [2.05, 4.69) is 4.98 Å². The van der Waals surface area contributed by atoms with Crippen LogP contribution in [0.5, 0.6) is 0 Å². The van der Waals surface area contributed by atoms with E-state index >= 15 is 0 Å². The number of nitrogens with zero attached hydrogens (tertiary/aromatic N) is 1. The third-order valence-corrected chi connectivity index (χ3v) is 0.972. The molecule has 4 heteroatoms. The zero-order valence-corrected chi connectivity index (χ0v) is 5.63. The maximum Gasteiger partial charge on any atom is 0.211 e. The number of oxazole rings is 1. The fourth-order valence-electron chi connectivity index (χ4n) is 0.619. The molecular formula is C6H8N2O2. The minimum absolute atomic E-state index is 0.0156. The maximum absolute atomic E-state index is 10.5. The molecule has 0 bridgehead atoms. The molecular weight excluding hydrogens is 132 g/mol. The normalized spacial score (nSPS) is 9.70. The van der Waals surface area contributed by atoms with Gasteiger partial charge in [-0.2, -0.15) is 0 Å². The largest absolute Gasteiger partial charge is 0.425 e. The van der Waals surface area contributed by atoms with Crippen LogP contribution in [-0.4, -0.2) is 10.8 Å². The first-order chi connectivity index (χ1) is 4.68. The Kier molecular flexibility index (Phi) is 1.71. The number of rotatable bonds is 2. The molecule has 0 aromatic carbocycles. The van der Waals surface area contributed by atoms with Crippen molar-refractivity contribution in [1.82, 2.24) is 4.98 Å². The van der Waals surface area contributed by atoms with Crippen molar-refractivity contribution < 1.29 is 9.21 Å². The summed E-state index contributed by atoms with van der Waals surface area (Å²) >= 11 is 0. The van der Waals surface area contributed by atoms with Crippen LogP contribution in [0.4, 0.5) is 5.88 Å². The van der Waals surface area contributed by atoms with Gasteiger partial charge in [0.05, 0.1) is 12.6 Å². The van der Waals surface area contributed by atoms with Crippen LogP contribution < -0.4 is 5.73 Å². The smallest absolute Gasteiger partial charge is 0.211 e. The molecule has 0 saturated carbocycles. The molecule has 1 rings (SSSR count). The molecule has 0 fully saturated rings. The van der Waals surface area contributed by atoms with E-state index in [1.165, 1.54) is 13.1 Å². The third kappa shape index (κ3) is 1.58. The predicted molar refractivity (Wildman–Crippen MR) is 35.3 cm³/mol. The molecule has 0 aliphatic heterocycles. The van der Waals surface area contributed by atoms with E-state index in [4.69, 9.17) is 10.2 Å². The lowest BCUT2D eigenvalue weighted by molar-refractivity contribution is -0.116. The van der Waals surface area contributed by atoms with E-state index in [1.54, 1.807) is 0 Å². The number of nitrogens with two attached hydrogens (primary N) is 1. The van der Waals surface area contributed by atoms with Gasteiger partial charge in [0.15, 0.2) is 0 Å². The second kappa shape index (κ2) is 2.51. The van der Waals surface area contributed by atoms with Gasteiger partial charge in [0.2, 0.25) is 11.8 Å². The van der Waals surface area contributed by atoms with Crippen LogP contribution in [0.2, 0.25) is 0 Å². The molecule has 0 atom stereocenters. The van der Waals surface area contributed by atoms with E-state index in [-0.39, 0.29) is 18.1 Å². The summed E-state index contributed by atoms with van der Waals surface area (Å²) in [5.41, 5.74) is 5.21. The van der Waals surface area contributed by atoms with Crippen LogP contribution in [0.3, 0.4) is 0 Å². The average Bonchev–Trinajstić information content (AvgIpc) is 2.13. The minimum atomic E-state index is 0.0156. The number of carbonyl (C=O) groups is 1. The molecule has 0 spiro atoms. The summed E-state index contributed by atoms with van der Waals surface area (Å²) in [5.74, 6) is 0.642. The van der Waals surface area contributed by atoms with Gasteiger partial charge in [-0.15, -0.1) is 0 Å². The fourth-order valence-corrected chi connectivity index (χ4v) is 0.619. The summed E-state index contributed by atoms with van der Waals surface area (Å²) in [7, 11) is 0. The van der Waals surface area contributed by atoms with Gasteiger partial charge < -0.3 is 10.2 Å². The second-order valence-electron chi connectivity index (χ2n) is 2.04. The van der Waals surface area contributed by atoms with Crippen LogP contribution in [0, 0.1) is 0 Å². The highest BCUT2D eigenvalue weighted by Gasteiger charge is 2.02. The Morgan fingerprint density at radius 2 is 2.60 bits per heavy atom. The number of anilines is 1. The van der Waals surface area contributed by atoms with Gasteiger partial charge >= 0.3 is 0 Å². The molecule has 1 aromatic heterocycles. The predicted octanol–water partition coefficient (Wildman–Crippen LogP) is 0.388. The van der Waals surface area contributed by atoms with Gasteiger partial charge in [-0.05, 0) is 6.92 Å². The van der Waals surface area contributed by atoms with E-state index in [9.17, 15) is 4.79 Å². The molecule has 0 aliphatic carbocycles. The summed E-state index contributed by atoms with van der Waals surface area (Å²) in [6.45, 7) is 1.47. The molecule has 0 aliphatic rings. The van der Waals surface area contributed by atoms with Crippen LogP contribution >= 0.6 is 0 Å². The Bertz CT molecular complexity index is 242. The van der Waals surface area contributed by atoms with Gasteiger partial charge in [-0.1, -0.05) is 0 Å². The van der Waals surface area contributed by atoms with Crippen LogP contribution in [0.25, 0.3) is 0 Å². The van der Waals surface area contributed by atoms with Gasteiger partial charge in [-0.25, -0.2) is 4.98 Å². The highest BCUT2D eigenvalue weighted by Crippen LogP contribution is 2.04. The molecule has 2 N–H and O–H groups in total. The molecule has 0 saturated heterocycles. The number of hydrogen-bond donors (Lipinski definition) is 1. The van der Waals surface area contributed by atoms with Crippen molar-refractivity contribution in [3.05, 3.63) is 12.1 Å². The number of ketones is 1. The average molecular weight is 140 g/mol. The minimum Gasteiger partial charge on any atom is -0.425 e. The standard InChI is InChI=1S/C6H8N2O2/c1-4(9)2-6-8-3-5(7)10-6/h3H,2,7H2,1H3. The van der Waals surface area contributed by atoms with Crippen molar-refractivity contribution in [2.45, 2.75) is 13.3 Å². The van der Waals surface area contributed by atoms with E-state index in [0.29, 0.717) is 5.89 Å². The Labute approximate surface area is 58.0 Å². The van der Waals surface area contributed by atoms with E-state index < -0.39 is 0 Å². The maximum atomic E-state index is 10.5. The number of aromatic nitrogens is 1. The van der Waals surface area contributed by atoms with Gasteiger partial charge in [0, 0.05) is 0 Å². The fraction of sp³-hybridized carbons (Fsp3) is 0.333. The molecule has 0 amide bonds. The van der Waals surface area contributed by atoms with Gasteiger partial charge in [0.25, 0.3) is 0 Å². The summed E-state index contributed by atoms with van der Waals surface area (Å²) in [6, 6.07) is 0. The molecule has 1 heterocycles. The lowest BCUT2D eigenvalue weighted by Crippen LogP contribution is -1.95. The molecule has 0 radical (unpaired) electrons. The number of hydrogen-bond acceptors (Lipinski definition) is 4. The van der Waals surface area contributed by atoms with Crippen LogP contribution in [0.1, 0.15) is 12.8 Å². The molecule has 4 nitrogen and oxygen atoms in total.